The van der Waals surface area contributed by atoms with Gasteiger partial charge in [-0.25, -0.2) is 0 Å². The summed E-state index contributed by atoms with van der Waals surface area (Å²) in [4.78, 5) is 6.84. The lowest BCUT2D eigenvalue weighted by molar-refractivity contribution is 0.415. The van der Waals surface area contributed by atoms with Crippen LogP contribution >= 0.6 is 7.26 Å². The number of methoxy groups -OCH3 is 2. The third-order valence-corrected chi connectivity index (χ3v) is 11.0. The molecule has 172 valence electrons. The zero-order valence-electron chi connectivity index (χ0n) is 19.7. The minimum atomic E-state index is -2.28. The SMILES string of the molecule is COc1ccc([P+](c2ccc(OC)cc2)(c2ccc3cc[nH]c3c2)c2ccc3cc[nH]c3c2)cc1. The van der Waals surface area contributed by atoms with Crippen molar-refractivity contribution < 1.29 is 9.47 Å². The summed E-state index contributed by atoms with van der Waals surface area (Å²) in [5.41, 5.74) is 2.27. The van der Waals surface area contributed by atoms with Gasteiger partial charge in [0.1, 0.15) is 40.0 Å². The van der Waals surface area contributed by atoms with Gasteiger partial charge in [0.25, 0.3) is 0 Å². The highest BCUT2D eigenvalue weighted by Crippen LogP contribution is 2.55. The summed E-state index contributed by atoms with van der Waals surface area (Å²) in [5.74, 6) is 1.70. The van der Waals surface area contributed by atoms with E-state index < -0.39 is 7.26 Å². The Morgan fingerprint density at radius 2 is 0.886 bits per heavy atom. The Kier molecular flexibility index (Phi) is 5.32. The highest BCUT2D eigenvalue weighted by atomic mass is 31.2. The van der Waals surface area contributed by atoms with Crippen LogP contribution in [0.3, 0.4) is 0 Å². The Labute approximate surface area is 204 Å². The Hall–Kier alpha value is -4.01. The summed E-state index contributed by atoms with van der Waals surface area (Å²) < 4.78 is 11.0. The number of ether oxygens (including phenoxy) is 2. The van der Waals surface area contributed by atoms with E-state index in [-0.39, 0.29) is 0 Å². The van der Waals surface area contributed by atoms with Gasteiger partial charge in [0.15, 0.2) is 0 Å². The second-order valence-corrected chi connectivity index (χ2v) is 12.0. The maximum atomic E-state index is 5.51. The fraction of sp³-hybridized carbons (Fsp3) is 0.0667. The molecule has 0 aliphatic heterocycles. The molecular weight excluding hydrogens is 451 g/mol. The van der Waals surface area contributed by atoms with Crippen LogP contribution in [0, 0.1) is 0 Å². The molecule has 0 fully saturated rings. The molecule has 0 saturated heterocycles. The molecule has 0 unspecified atom stereocenters. The first-order valence-electron chi connectivity index (χ1n) is 11.6. The third kappa shape index (κ3) is 3.50. The molecule has 0 saturated carbocycles. The van der Waals surface area contributed by atoms with Gasteiger partial charge in [0.05, 0.1) is 14.2 Å². The predicted octanol–water partition coefficient (Wildman–Crippen LogP) is 5.29. The number of benzene rings is 4. The molecule has 0 bridgehead atoms. The first kappa shape index (κ1) is 21.5. The van der Waals surface area contributed by atoms with E-state index in [1.165, 1.54) is 32.0 Å². The van der Waals surface area contributed by atoms with E-state index in [0.29, 0.717) is 0 Å². The number of hydrogen-bond donors (Lipinski definition) is 2. The fourth-order valence-electron chi connectivity index (χ4n) is 4.99. The summed E-state index contributed by atoms with van der Waals surface area (Å²) >= 11 is 0. The molecule has 6 rings (SSSR count). The zero-order valence-corrected chi connectivity index (χ0v) is 20.6. The zero-order chi connectivity index (χ0) is 23.8. The topological polar surface area (TPSA) is 50.0 Å². The number of H-pyrrole nitrogens is 2. The average molecular weight is 478 g/mol. The van der Waals surface area contributed by atoms with Gasteiger partial charge in [0, 0.05) is 35.6 Å². The van der Waals surface area contributed by atoms with Crippen LogP contribution < -0.4 is 30.7 Å². The van der Waals surface area contributed by atoms with Crippen molar-refractivity contribution in [3.8, 4) is 11.5 Å². The van der Waals surface area contributed by atoms with Crippen LogP contribution in [-0.4, -0.2) is 24.2 Å². The predicted molar refractivity (Wildman–Crippen MR) is 148 cm³/mol. The lowest BCUT2D eigenvalue weighted by Crippen LogP contribution is -2.38. The number of aromatic amines is 2. The Bertz CT molecular complexity index is 1490. The molecule has 0 spiro atoms. The molecule has 2 N–H and O–H groups in total. The van der Waals surface area contributed by atoms with Crippen molar-refractivity contribution in [2.24, 2.45) is 0 Å². The lowest BCUT2D eigenvalue weighted by atomic mass is 10.2. The Morgan fingerprint density at radius 3 is 1.29 bits per heavy atom. The summed E-state index contributed by atoms with van der Waals surface area (Å²) in [5, 5.41) is 7.51. The quantitative estimate of drug-likeness (QED) is 0.321. The first-order chi connectivity index (χ1) is 17.2. The molecule has 5 heteroatoms. The van der Waals surface area contributed by atoms with Crippen molar-refractivity contribution in [1.29, 1.82) is 0 Å². The van der Waals surface area contributed by atoms with Crippen LogP contribution in [0.25, 0.3) is 21.8 Å². The summed E-state index contributed by atoms with van der Waals surface area (Å²) in [7, 11) is 1.14. The summed E-state index contributed by atoms with van der Waals surface area (Å²) in [6, 6.07) is 35.0. The second-order valence-electron chi connectivity index (χ2n) is 8.57. The minimum Gasteiger partial charge on any atom is -0.497 e. The number of fused-ring (bicyclic) bond motifs is 2. The van der Waals surface area contributed by atoms with Crippen LogP contribution in [0.5, 0.6) is 11.5 Å². The number of hydrogen-bond acceptors (Lipinski definition) is 2. The molecule has 0 amide bonds. The number of rotatable bonds is 6. The molecule has 0 aliphatic rings. The molecule has 2 aromatic heterocycles. The highest BCUT2D eigenvalue weighted by molar-refractivity contribution is 8.01. The van der Waals surface area contributed by atoms with Crippen LogP contribution in [0.4, 0.5) is 0 Å². The average Bonchev–Trinajstić information content (AvgIpc) is 3.59. The van der Waals surface area contributed by atoms with Crippen molar-refractivity contribution in [2.45, 2.75) is 0 Å². The van der Waals surface area contributed by atoms with Gasteiger partial charge in [0.2, 0.25) is 0 Å². The number of aromatic nitrogens is 2. The largest absolute Gasteiger partial charge is 0.497 e. The monoisotopic (exact) mass is 477 g/mol. The van der Waals surface area contributed by atoms with Gasteiger partial charge in [-0.3, -0.25) is 0 Å². The number of nitrogens with one attached hydrogen (secondary N) is 2. The normalized spacial score (nSPS) is 11.7. The van der Waals surface area contributed by atoms with Crippen molar-refractivity contribution in [1.82, 2.24) is 9.97 Å². The molecule has 0 atom stereocenters. The molecule has 4 aromatic carbocycles. The van der Waals surface area contributed by atoms with Crippen molar-refractivity contribution >= 4 is 50.3 Å². The van der Waals surface area contributed by atoms with E-state index in [1.54, 1.807) is 14.2 Å². The van der Waals surface area contributed by atoms with Crippen LogP contribution in [-0.2, 0) is 0 Å². The van der Waals surface area contributed by atoms with Gasteiger partial charge >= 0.3 is 0 Å². The summed E-state index contributed by atoms with van der Waals surface area (Å²) in [6.07, 6.45) is 4.00. The van der Waals surface area contributed by atoms with Crippen LogP contribution in [0.15, 0.2) is 109 Å². The second kappa shape index (κ2) is 8.65. The van der Waals surface area contributed by atoms with Gasteiger partial charge in [-0.15, -0.1) is 0 Å². The molecule has 0 aliphatic carbocycles. The van der Waals surface area contributed by atoms with Crippen LogP contribution in [0.2, 0.25) is 0 Å². The lowest BCUT2D eigenvalue weighted by Gasteiger charge is -2.28. The van der Waals surface area contributed by atoms with E-state index >= 15 is 0 Å². The van der Waals surface area contributed by atoms with Gasteiger partial charge in [-0.1, -0.05) is 0 Å². The van der Waals surface area contributed by atoms with Gasteiger partial charge in [-0.05, 0) is 95.7 Å². The van der Waals surface area contributed by atoms with Crippen molar-refractivity contribution in [3.05, 3.63) is 109 Å². The van der Waals surface area contributed by atoms with Crippen molar-refractivity contribution in [3.63, 3.8) is 0 Å². The van der Waals surface area contributed by atoms with Gasteiger partial charge in [-0.2, -0.15) is 0 Å². The van der Waals surface area contributed by atoms with E-state index in [2.05, 4.69) is 107 Å². The third-order valence-electron chi connectivity index (χ3n) is 6.77. The standard InChI is InChI=1S/C30H26N2O2P/c1-33-23-5-11-25(12-6-23)35(26-13-7-24(34-2)8-14-26,27-9-3-21-15-17-31-29(21)19-27)28-10-4-22-16-18-32-30(22)20-28/h3-20,31-32H,1-2H3/q+1. The van der Waals surface area contributed by atoms with E-state index in [4.69, 9.17) is 9.47 Å². The molecule has 2 heterocycles. The molecule has 35 heavy (non-hydrogen) atoms. The van der Waals surface area contributed by atoms with Crippen molar-refractivity contribution in [2.75, 3.05) is 14.2 Å². The van der Waals surface area contributed by atoms with Crippen LogP contribution in [0.1, 0.15) is 0 Å². The van der Waals surface area contributed by atoms with Gasteiger partial charge < -0.3 is 19.4 Å². The first-order valence-corrected chi connectivity index (χ1v) is 13.3. The molecule has 4 nitrogen and oxygen atoms in total. The molecular formula is C30H26N2O2P+. The van der Waals surface area contributed by atoms with E-state index in [0.717, 1.165) is 22.5 Å². The minimum absolute atomic E-state index is 0.848. The molecule has 0 radical (unpaired) electrons. The summed E-state index contributed by atoms with van der Waals surface area (Å²) in [6.45, 7) is 0. The highest BCUT2D eigenvalue weighted by Gasteiger charge is 2.48. The smallest absolute Gasteiger partial charge is 0.144 e. The Morgan fingerprint density at radius 1 is 0.486 bits per heavy atom. The van der Waals surface area contributed by atoms with E-state index in [9.17, 15) is 0 Å². The maximum absolute atomic E-state index is 5.51. The Balaban J connectivity index is 1.73. The molecule has 6 aromatic rings. The fourth-order valence-corrected chi connectivity index (χ4v) is 9.22. The maximum Gasteiger partial charge on any atom is 0.144 e. The van der Waals surface area contributed by atoms with E-state index in [1.807, 2.05) is 12.4 Å².